The summed E-state index contributed by atoms with van der Waals surface area (Å²) in [4.78, 5) is 27.8. The summed E-state index contributed by atoms with van der Waals surface area (Å²) in [5, 5.41) is 11.3. The lowest BCUT2D eigenvalue weighted by atomic mass is 9.95. The molecule has 194 valence electrons. The number of Topliss-reactive ketones (excluding diaryl/α,β-unsaturated/α-hetero) is 1. The Morgan fingerprint density at radius 3 is 2.31 bits per heavy atom. The summed E-state index contributed by atoms with van der Waals surface area (Å²) >= 11 is 0. The van der Waals surface area contributed by atoms with Crippen molar-refractivity contribution in [3.8, 4) is 17.2 Å². The van der Waals surface area contributed by atoms with E-state index in [0.717, 1.165) is 6.42 Å². The highest BCUT2D eigenvalue weighted by Gasteiger charge is 2.46. The zero-order valence-electron chi connectivity index (χ0n) is 21.6. The number of carbonyl (C=O) groups excluding carboxylic acids is 2. The van der Waals surface area contributed by atoms with Crippen molar-refractivity contribution >= 4 is 17.4 Å². The largest absolute Gasteiger partial charge is 0.507 e. The fourth-order valence-electron chi connectivity index (χ4n) is 4.12. The van der Waals surface area contributed by atoms with Gasteiger partial charge in [-0.05, 0) is 68.7 Å². The van der Waals surface area contributed by atoms with E-state index in [-0.39, 0.29) is 24.0 Å². The number of benzene rings is 2. The van der Waals surface area contributed by atoms with E-state index in [0.29, 0.717) is 48.0 Å². The van der Waals surface area contributed by atoms with Crippen molar-refractivity contribution in [2.45, 2.75) is 45.8 Å². The molecule has 1 atom stereocenters. The van der Waals surface area contributed by atoms with E-state index in [1.807, 2.05) is 20.8 Å². The van der Waals surface area contributed by atoms with Crippen LogP contribution in [-0.2, 0) is 14.3 Å². The lowest BCUT2D eigenvalue weighted by Gasteiger charge is -2.26. The van der Waals surface area contributed by atoms with Gasteiger partial charge in [-0.25, -0.2) is 0 Å². The molecule has 1 aliphatic heterocycles. The Labute approximate surface area is 212 Å². The molecule has 2 aromatic rings. The van der Waals surface area contributed by atoms with Crippen LogP contribution in [0.5, 0.6) is 17.2 Å². The standard InChI is InChI=1S/C28H35NO7/c1-6-15-36-21-11-8-19(9-12-21)26(30)24-25(20-10-13-22(33-4)23(17-20)34-5)29(28(32)27(24)31)14-7-16-35-18(2)3/h8-13,17-18,25,30H,6-7,14-16H2,1-5H3/b26-24-. The van der Waals surface area contributed by atoms with Crippen molar-refractivity contribution < 1.29 is 33.6 Å². The third kappa shape index (κ3) is 5.99. The predicted molar refractivity (Wildman–Crippen MR) is 136 cm³/mol. The second-order valence-corrected chi connectivity index (χ2v) is 8.75. The van der Waals surface area contributed by atoms with Gasteiger partial charge >= 0.3 is 0 Å². The summed E-state index contributed by atoms with van der Waals surface area (Å²) in [6, 6.07) is 11.2. The molecule has 2 aromatic carbocycles. The highest BCUT2D eigenvalue weighted by Crippen LogP contribution is 2.42. The van der Waals surface area contributed by atoms with E-state index >= 15 is 0 Å². The van der Waals surface area contributed by atoms with Crippen molar-refractivity contribution in [1.82, 2.24) is 4.90 Å². The van der Waals surface area contributed by atoms with Crippen LogP contribution in [0.2, 0.25) is 0 Å². The third-order valence-corrected chi connectivity index (χ3v) is 5.86. The van der Waals surface area contributed by atoms with Crippen LogP contribution in [0, 0.1) is 0 Å². The van der Waals surface area contributed by atoms with Gasteiger partial charge in [0.1, 0.15) is 11.5 Å². The van der Waals surface area contributed by atoms with Gasteiger partial charge in [0, 0.05) is 18.7 Å². The number of hydrogen-bond donors (Lipinski definition) is 1. The van der Waals surface area contributed by atoms with E-state index < -0.39 is 17.7 Å². The molecular formula is C28H35NO7. The van der Waals surface area contributed by atoms with Crippen molar-refractivity contribution in [3.63, 3.8) is 0 Å². The molecule has 0 aromatic heterocycles. The molecule has 3 rings (SSSR count). The highest BCUT2D eigenvalue weighted by molar-refractivity contribution is 6.46. The zero-order chi connectivity index (χ0) is 26.2. The first kappa shape index (κ1) is 27.1. The maximum absolute atomic E-state index is 13.2. The second kappa shape index (κ2) is 12.4. The summed E-state index contributed by atoms with van der Waals surface area (Å²) in [7, 11) is 3.05. The van der Waals surface area contributed by atoms with Gasteiger partial charge in [-0.3, -0.25) is 9.59 Å². The number of likely N-dealkylation sites (tertiary alicyclic amines) is 1. The topological polar surface area (TPSA) is 94.5 Å². The molecule has 1 fully saturated rings. The third-order valence-electron chi connectivity index (χ3n) is 5.86. The Kier molecular flexibility index (Phi) is 9.36. The van der Waals surface area contributed by atoms with Gasteiger partial charge in [0.2, 0.25) is 0 Å². The fourth-order valence-corrected chi connectivity index (χ4v) is 4.12. The van der Waals surface area contributed by atoms with Gasteiger partial charge in [-0.1, -0.05) is 13.0 Å². The number of carbonyl (C=O) groups is 2. The first-order valence-electron chi connectivity index (χ1n) is 12.2. The molecule has 0 aliphatic carbocycles. The molecule has 0 spiro atoms. The SMILES string of the molecule is CCCOc1ccc(/C(O)=C2/C(=O)C(=O)N(CCCOC(C)C)C2c2ccc(OC)c(OC)c2)cc1. The molecule has 8 nitrogen and oxygen atoms in total. The van der Waals surface area contributed by atoms with Crippen LogP contribution in [0.25, 0.3) is 5.76 Å². The molecule has 1 N–H and O–H groups in total. The quantitative estimate of drug-likeness (QED) is 0.196. The zero-order valence-corrected chi connectivity index (χ0v) is 21.6. The van der Waals surface area contributed by atoms with Crippen molar-refractivity contribution in [3.05, 3.63) is 59.2 Å². The van der Waals surface area contributed by atoms with Crippen LogP contribution in [0.1, 0.15) is 50.8 Å². The van der Waals surface area contributed by atoms with Crippen molar-refractivity contribution in [2.24, 2.45) is 0 Å². The smallest absolute Gasteiger partial charge is 0.295 e. The summed E-state index contributed by atoms with van der Waals surface area (Å²) in [6.07, 6.45) is 1.48. The van der Waals surface area contributed by atoms with Gasteiger partial charge < -0.3 is 29.0 Å². The number of amides is 1. The Balaban J connectivity index is 2.04. The minimum atomic E-state index is -0.792. The normalized spacial score (nSPS) is 17.1. The highest BCUT2D eigenvalue weighted by atomic mass is 16.5. The van der Waals surface area contributed by atoms with Crippen LogP contribution in [0.15, 0.2) is 48.0 Å². The van der Waals surface area contributed by atoms with Crippen molar-refractivity contribution in [2.75, 3.05) is 34.0 Å². The number of aliphatic hydroxyl groups is 1. The molecule has 1 heterocycles. The van der Waals surface area contributed by atoms with Crippen molar-refractivity contribution in [1.29, 1.82) is 0 Å². The number of aliphatic hydroxyl groups excluding tert-OH is 1. The number of ether oxygens (including phenoxy) is 4. The Bertz CT molecular complexity index is 1090. The number of methoxy groups -OCH3 is 2. The molecule has 1 unspecified atom stereocenters. The molecule has 1 amide bonds. The van der Waals surface area contributed by atoms with E-state index in [1.54, 1.807) is 42.5 Å². The lowest BCUT2D eigenvalue weighted by molar-refractivity contribution is -0.140. The van der Waals surface area contributed by atoms with Crippen LogP contribution in [-0.4, -0.2) is 61.8 Å². The van der Waals surface area contributed by atoms with E-state index in [1.165, 1.54) is 19.1 Å². The van der Waals surface area contributed by atoms with E-state index in [9.17, 15) is 14.7 Å². The average molecular weight is 498 g/mol. The molecule has 1 aliphatic rings. The number of ketones is 1. The lowest BCUT2D eigenvalue weighted by Crippen LogP contribution is -2.31. The van der Waals surface area contributed by atoms with Crippen LogP contribution < -0.4 is 14.2 Å². The van der Waals surface area contributed by atoms with Crippen LogP contribution >= 0.6 is 0 Å². The first-order valence-corrected chi connectivity index (χ1v) is 12.2. The second-order valence-electron chi connectivity index (χ2n) is 8.75. The summed E-state index contributed by atoms with van der Waals surface area (Å²) in [6.45, 7) is 7.21. The summed E-state index contributed by atoms with van der Waals surface area (Å²) < 4.78 is 22.0. The fraction of sp³-hybridized carbons (Fsp3) is 0.429. The van der Waals surface area contributed by atoms with Gasteiger partial charge in [-0.15, -0.1) is 0 Å². The predicted octanol–water partition coefficient (Wildman–Crippen LogP) is 4.73. The Morgan fingerprint density at radius 2 is 1.69 bits per heavy atom. The summed E-state index contributed by atoms with van der Waals surface area (Å²) in [5.41, 5.74) is 1.07. The minimum absolute atomic E-state index is 0.0271. The van der Waals surface area contributed by atoms with E-state index in [4.69, 9.17) is 18.9 Å². The molecule has 36 heavy (non-hydrogen) atoms. The molecule has 0 radical (unpaired) electrons. The molecule has 0 bridgehead atoms. The first-order chi connectivity index (χ1) is 17.3. The monoisotopic (exact) mass is 497 g/mol. The number of hydrogen-bond acceptors (Lipinski definition) is 7. The maximum Gasteiger partial charge on any atom is 0.295 e. The molecule has 8 heteroatoms. The molecular weight excluding hydrogens is 462 g/mol. The Morgan fingerprint density at radius 1 is 1.00 bits per heavy atom. The van der Waals surface area contributed by atoms with Gasteiger partial charge in [-0.2, -0.15) is 0 Å². The average Bonchev–Trinajstić information content (AvgIpc) is 3.14. The molecule has 1 saturated heterocycles. The number of nitrogens with zero attached hydrogens (tertiary/aromatic N) is 1. The minimum Gasteiger partial charge on any atom is -0.507 e. The Hall–Kier alpha value is -3.52. The summed E-state index contributed by atoms with van der Waals surface area (Å²) in [5.74, 6) is 0.00561. The van der Waals surface area contributed by atoms with Gasteiger partial charge in [0.25, 0.3) is 11.7 Å². The van der Waals surface area contributed by atoms with Gasteiger partial charge in [0.05, 0.1) is 38.5 Å². The number of rotatable bonds is 12. The molecule has 0 saturated carbocycles. The van der Waals surface area contributed by atoms with Crippen LogP contribution in [0.4, 0.5) is 0 Å². The van der Waals surface area contributed by atoms with E-state index in [2.05, 4.69) is 0 Å². The van der Waals surface area contributed by atoms with Crippen LogP contribution in [0.3, 0.4) is 0 Å². The van der Waals surface area contributed by atoms with Gasteiger partial charge in [0.15, 0.2) is 11.5 Å². The maximum atomic E-state index is 13.2.